The second-order valence-corrected chi connectivity index (χ2v) is 2.89. The molecule has 2 N–H and O–H groups in total. The predicted octanol–water partition coefficient (Wildman–Crippen LogP) is 1.63. The average Bonchev–Trinajstić information content (AvgIpc) is 2.09. The topological polar surface area (TPSA) is 52.3 Å². The Morgan fingerprint density at radius 3 is 2.71 bits per heavy atom. The van der Waals surface area contributed by atoms with Crippen LogP contribution in [0.4, 0.5) is 4.39 Å². The molecule has 0 spiro atoms. The van der Waals surface area contributed by atoms with Crippen LogP contribution in [0.1, 0.15) is 22.8 Å². The third kappa shape index (κ3) is 2.02. The summed E-state index contributed by atoms with van der Waals surface area (Å²) in [5, 5.41) is 0. The van der Waals surface area contributed by atoms with E-state index in [-0.39, 0.29) is 5.56 Å². The largest absolute Gasteiger partial charge is 0.494 e. The van der Waals surface area contributed by atoms with Gasteiger partial charge in [-0.05, 0) is 31.5 Å². The molecule has 0 heterocycles. The van der Waals surface area contributed by atoms with Crippen LogP contribution in [0.2, 0.25) is 0 Å². The van der Waals surface area contributed by atoms with Gasteiger partial charge in [-0.1, -0.05) is 0 Å². The number of primary amides is 1. The second-order valence-electron chi connectivity index (χ2n) is 2.89. The zero-order chi connectivity index (χ0) is 10.7. The number of carbonyl (C=O) groups excluding carboxylic acids is 1. The summed E-state index contributed by atoms with van der Waals surface area (Å²) in [6.07, 6.45) is 0. The van der Waals surface area contributed by atoms with Crippen LogP contribution in [0.3, 0.4) is 0 Å². The Kier molecular flexibility index (Phi) is 3.06. The van der Waals surface area contributed by atoms with Gasteiger partial charge in [-0.3, -0.25) is 4.79 Å². The number of carbonyl (C=O) groups is 1. The van der Waals surface area contributed by atoms with Crippen molar-refractivity contribution in [1.82, 2.24) is 0 Å². The Morgan fingerprint density at radius 1 is 1.57 bits per heavy atom. The van der Waals surface area contributed by atoms with E-state index in [1.807, 2.05) is 6.92 Å². The lowest BCUT2D eigenvalue weighted by Crippen LogP contribution is -2.13. The molecule has 0 aliphatic heterocycles. The van der Waals surface area contributed by atoms with E-state index in [0.717, 1.165) is 0 Å². The summed E-state index contributed by atoms with van der Waals surface area (Å²) in [6.45, 7) is 3.98. The maximum atomic E-state index is 13.2. The standard InChI is InChI=1S/C10H12FNO2/c1-3-14-9-5-7(10(12)13)8(11)4-6(9)2/h4-5H,3H2,1-2H3,(H2,12,13). The van der Waals surface area contributed by atoms with Gasteiger partial charge < -0.3 is 10.5 Å². The van der Waals surface area contributed by atoms with Crippen molar-refractivity contribution in [1.29, 1.82) is 0 Å². The number of hydrogen-bond acceptors (Lipinski definition) is 2. The summed E-state index contributed by atoms with van der Waals surface area (Å²) in [4.78, 5) is 10.8. The minimum Gasteiger partial charge on any atom is -0.494 e. The number of nitrogens with two attached hydrogens (primary N) is 1. The first-order valence-corrected chi connectivity index (χ1v) is 4.29. The molecule has 1 aromatic rings. The fourth-order valence-corrected chi connectivity index (χ4v) is 1.15. The Hall–Kier alpha value is -1.58. The molecule has 0 aliphatic rings. The van der Waals surface area contributed by atoms with Crippen molar-refractivity contribution < 1.29 is 13.9 Å². The van der Waals surface area contributed by atoms with E-state index in [4.69, 9.17) is 10.5 Å². The molecule has 1 aromatic carbocycles. The molecule has 0 fully saturated rings. The second kappa shape index (κ2) is 4.09. The molecule has 1 rings (SSSR count). The first-order chi connectivity index (χ1) is 6.56. The van der Waals surface area contributed by atoms with Gasteiger partial charge in [-0.25, -0.2) is 4.39 Å². The molecular formula is C10H12FNO2. The third-order valence-corrected chi connectivity index (χ3v) is 1.83. The zero-order valence-corrected chi connectivity index (χ0v) is 8.13. The van der Waals surface area contributed by atoms with Crippen molar-refractivity contribution in [2.75, 3.05) is 6.61 Å². The van der Waals surface area contributed by atoms with Crippen molar-refractivity contribution >= 4 is 5.91 Å². The van der Waals surface area contributed by atoms with Gasteiger partial charge >= 0.3 is 0 Å². The molecule has 1 amide bonds. The summed E-state index contributed by atoms with van der Waals surface area (Å²) in [6, 6.07) is 2.57. The van der Waals surface area contributed by atoms with Gasteiger partial charge in [0.05, 0.1) is 12.2 Å². The van der Waals surface area contributed by atoms with Crippen LogP contribution in [0, 0.1) is 12.7 Å². The van der Waals surface area contributed by atoms with Crippen LogP contribution in [0.15, 0.2) is 12.1 Å². The van der Waals surface area contributed by atoms with Gasteiger partial charge in [0.25, 0.3) is 5.91 Å². The van der Waals surface area contributed by atoms with E-state index in [1.54, 1.807) is 6.92 Å². The van der Waals surface area contributed by atoms with Gasteiger partial charge in [0.15, 0.2) is 0 Å². The maximum absolute atomic E-state index is 13.2. The van der Waals surface area contributed by atoms with E-state index >= 15 is 0 Å². The molecule has 0 saturated carbocycles. The first kappa shape index (κ1) is 10.5. The molecular weight excluding hydrogens is 185 g/mol. The highest BCUT2D eigenvalue weighted by atomic mass is 19.1. The van der Waals surface area contributed by atoms with E-state index in [9.17, 15) is 9.18 Å². The van der Waals surface area contributed by atoms with Crippen LogP contribution in [-0.4, -0.2) is 12.5 Å². The summed E-state index contributed by atoms with van der Waals surface area (Å²) in [7, 11) is 0. The molecule has 3 nitrogen and oxygen atoms in total. The monoisotopic (exact) mass is 197 g/mol. The third-order valence-electron chi connectivity index (χ3n) is 1.83. The van der Waals surface area contributed by atoms with Crippen molar-refractivity contribution in [3.63, 3.8) is 0 Å². The van der Waals surface area contributed by atoms with Crippen LogP contribution in [0.5, 0.6) is 5.75 Å². The minimum absolute atomic E-state index is 0.140. The van der Waals surface area contributed by atoms with Gasteiger partial charge in [-0.2, -0.15) is 0 Å². The summed E-state index contributed by atoms with van der Waals surface area (Å²) >= 11 is 0. The van der Waals surface area contributed by atoms with E-state index in [2.05, 4.69) is 0 Å². The minimum atomic E-state index is -0.788. The number of hydrogen-bond donors (Lipinski definition) is 1. The smallest absolute Gasteiger partial charge is 0.251 e. The number of amides is 1. The number of aryl methyl sites for hydroxylation is 1. The Balaban J connectivity index is 3.20. The number of halogens is 1. The van der Waals surface area contributed by atoms with Gasteiger partial charge in [0.1, 0.15) is 11.6 Å². The fraction of sp³-hybridized carbons (Fsp3) is 0.300. The van der Waals surface area contributed by atoms with Crippen LogP contribution in [-0.2, 0) is 0 Å². The molecule has 0 saturated heterocycles. The number of ether oxygens (including phenoxy) is 1. The van der Waals surface area contributed by atoms with Crippen LogP contribution >= 0.6 is 0 Å². The van der Waals surface area contributed by atoms with Crippen LogP contribution < -0.4 is 10.5 Å². The summed E-state index contributed by atoms with van der Waals surface area (Å²) in [5.41, 5.74) is 5.50. The van der Waals surface area contributed by atoms with Crippen molar-refractivity contribution in [2.24, 2.45) is 5.73 Å². The Morgan fingerprint density at radius 2 is 2.21 bits per heavy atom. The van der Waals surface area contributed by atoms with Crippen molar-refractivity contribution in [3.8, 4) is 5.75 Å². The first-order valence-electron chi connectivity index (χ1n) is 4.29. The predicted molar refractivity (Wildman–Crippen MR) is 50.8 cm³/mol. The highest BCUT2D eigenvalue weighted by Gasteiger charge is 2.11. The Labute approximate surface area is 81.7 Å². The highest BCUT2D eigenvalue weighted by Crippen LogP contribution is 2.22. The molecule has 76 valence electrons. The lowest BCUT2D eigenvalue weighted by molar-refractivity contribution is 0.0996. The fourth-order valence-electron chi connectivity index (χ4n) is 1.15. The maximum Gasteiger partial charge on any atom is 0.251 e. The average molecular weight is 197 g/mol. The lowest BCUT2D eigenvalue weighted by atomic mass is 10.1. The quantitative estimate of drug-likeness (QED) is 0.800. The zero-order valence-electron chi connectivity index (χ0n) is 8.13. The molecule has 4 heteroatoms. The lowest BCUT2D eigenvalue weighted by Gasteiger charge is -2.08. The highest BCUT2D eigenvalue weighted by molar-refractivity contribution is 5.93. The van der Waals surface area contributed by atoms with Gasteiger partial charge in [0.2, 0.25) is 0 Å². The number of benzene rings is 1. The molecule has 0 aromatic heterocycles. The van der Waals surface area contributed by atoms with Crippen LogP contribution in [0.25, 0.3) is 0 Å². The van der Waals surface area contributed by atoms with Crippen molar-refractivity contribution in [2.45, 2.75) is 13.8 Å². The molecule has 0 unspecified atom stereocenters. The summed E-state index contributed by atoms with van der Waals surface area (Å²) < 4.78 is 18.4. The SMILES string of the molecule is CCOc1cc(C(N)=O)c(F)cc1C. The van der Waals surface area contributed by atoms with E-state index in [1.165, 1.54) is 12.1 Å². The van der Waals surface area contributed by atoms with E-state index in [0.29, 0.717) is 17.9 Å². The van der Waals surface area contributed by atoms with E-state index < -0.39 is 11.7 Å². The summed E-state index contributed by atoms with van der Waals surface area (Å²) in [5.74, 6) is -0.912. The molecule has 0 bridgehead atoms. The number of rotatable bonds is 3. The Bertz CT molecular complexity index is 363. The van der Waals surface area contributed by atoms with Crippen molar-refractivity contribution in [3.05, 3.63) is 29.1 Å². The molecule has 0 atom stereocenters. The molecule has 0 radical (unpaired) electrons. The molecule has 0 aliphatic carbocycles. The van der Waals surface area contributed by atoms with Gasteiger partial charge in [0, 0.05) is 0 Å². The molecule has 14 heavy (non-hydrogen) atoms. The van der Waals surface area contributed by atoms with Gasteiger partial charge in [-0.15, -0.1) is 0 Å². The normalized spacial score (nSPS) is 9.93.